The van der Waals surface area contributed by atoms with Crippen molar-refractivity contribution in [1.29, 1.82) is 0 Å². The SMILES string of the molecule is C[C@H]1COC(=O)[C@]1(C)[Se]c1ccccc1. The molecule has 1 aliphatic heterocycles. The van der Waals surface area contributed by atoms with Crippen LogP contribution >= 0.6 is 0 Å². The fourth-order valence-corrected chi connectivity index (χ4v) is 4.09. The average Bonchev–Trinajstić information content (AvgIpc) is 2.48. The van der Waals surface area contributed by atoms with Crippen LogP contribution in [-0.4, -0.2) is 27.5 Å². The van der Waals surface area contributed by atoms with E-state index in [1.165, 1.54) is 4.46 Å². The number of benzene rings is 1. The third-order valence-corrected chi connectivity index (χ3v) is 6.03. The molecule has 2 rings (SSSR count). The Balaban J connectivity index is 2.21. The van der Waals surface area contributed by atoms with Crippen molar-refractivity contribution in [3.8, 4) is 0 Å². The summed E-state index contributed by atoms with van der Waals surface area (Å²) in [6.45, 7) is 4.69. The van der Waals surface area contributed by atoms with E-state index >= 15 is 0 Å². The van der Waals surface area contributed by atoms with Crippen LogP contribution in [0.2, 0.25) is 4.31 Å². The molecule has 0 saturated carbocycles. The summed E-state index contributed by atoms with van der Waals surface area (Å²) in [5.74, 6) is 0.295. The van der Waals surface area contributed by atoms with Crippen LogP contribution in [-0.2, 0) is 9.53 Å². The molecule has 1 fully saturated rings. The van der Waals surface area contributed by atoms with Gasteiger partial charge in [0, 0.05) is 0 Å². The van der Waals surface area contributed by atoms with E-state index in [4.69, 9.17) is 4.74 Å². The molecule has 0 aromatic heterocycles. The molecule has 0 radical (unpaired) electrons. The molecule has 0 unspecified atom stereocenters. The summed E-state index contributed by atoms with van der Waals surface area (Å²) in [5, 5.41) is 0. The van der Waals surface area contributed by atoms with Crippen LogP contribution in [0.4, 0.5) is 0 Å². The van der Waals surface area contributed by atoms with Crippen LogP contribution in [0.25, 0.3) is 0 Å². The molecule has 0 bridgehead atoms. The summed E-state index contributed by atoms with van der Waals surface area (Å²) in [4.78, 5) is 11.7. The predicted molar refractivity (Wildman–Crippen MR) is 60.3 cm³/mol. The minimum absolute atomic E-state index is 0.0288. The average molecular weight is 269 g/mol. The summed E-state index contributed by atoms with van der Waals surface area (Å²) in [5.41, 5.74) is 0. The maximum absolute atomic E-state index is 11.7. The van der Waals surface area contributed by atoms with Gasteiger partial charge in [-0.05, 0) is 0 Å². The Morgan fingerprint density at radius 1 is 1.40 bits per heavy atom. The van der Waals surface area contributed by atoms with Crippen molar-refractivity contribution >= 4 is 25.4 Å². The first kappa shape index (κ1) is 10.7. The standard InChI is InChI=1S/C12H14O2Se/c1-9-8-14-11(13)12(9,2)15-10-6-4-3-5-7-10/h3-7,9H,8H2,1-2H3/t9-,12+/m0/s1. The van der Waals surface area contributed by atoms with Gasteiger partial charge in [0.2, 0.25) is 0 Å². The van der Waals surface area contributed by atoms with Crippen LogP contribution in [0.3, 0.4) is 0 Å². The number of ether oxygens (including phenoxy) is 1. The molecule has 0 amide bonds. The first-order valence-electron chi connectivity index (χ1n) is 5.04. The van der Waals surface area contributed by atoms with Gasteiger partial charge in [-0.25, -0.2) is 0 Å². The Hall–Kier alpha value is -0.791. The van der Waals surface area contributed by atoms with Gasteiger partial charge < -0.3 is 0 Å². The summed E-state index contributed by atoms with van der Waals surface area (Å²) in [7, 11) is 0. The van der Waals surface area contributed by atoms with Gasteiger partial charge in [0.15, 0.2) is 0 Å². The molecule has 1 aromatic carbocycles. The van der Waals surface area contributed by atoms with E-state index in [-0.39, 0.29) is 25.2 Å². The van der Waals surface area contributed by atoms with Gasteiger partial charge >= 0.3 is 95.9 Å². The third-order valence-electron chi connectivity index (χ3n) is 2.88. The zero-order valence-electron chi connectivity index (χ0n) is 8.90. The zero-order valence-corrected chi connectivity index (χ0v) is 10.6. The van der Waals surface area contributed by atoms with Gasteiger partial charge in [0.25, 0.3) is 0 Å². The predicted octanol–water partition coefficient (Wildman–Crippen LogP) is 1.39. The normalized spacial score (nSPS) is 30.3. The molecule has 2 atom stereocenters. The summed E-state index contributed by atoms with van der Waals surface area (Å²) in [6.07, 6.45) is 0. The minimum atomic E-state index is -0.283. The Bertz CT molecular complexity index is 363. The summed E-state index contributed by atoms with van der Waals surface area (Å²) in [6, 6.07) is 10.2. The molecule has 1 saturated heterocycles. The van der Waals surface area contributed by atoms with E-state index in [2.05, 4.69) is 19.1 Å². The number of hydrogen-bond acceptors (Lipinski definition) is 2. The first-order valence-corrected chi connectivity index (χ1v) is 6.75. The molecule has 0 aliphatic carbocycles. The molecule has 0 N–H and O–H groups in total. The Morgan fingerprint density at radius 3 is 2.60 bits per heavy atom. The second-order valence-corrected chi connectivity index (χ2v) is 7.22. The van der Waals surface area contributed by atoms with Gasteiger partial charge in [-0.1, -0.05) is 0 Å². The first-order chi connectivity index (χ1) is 7.13. The number of carbonyl (C=O) groups is 1. The Morgan fingerprint density at radius 2 is 2.07 bits per heavy atom. The summed E-state index contributed by atoms with van der Waals surface area (Å²) >= 11 is 0.154. The van der Waals surface area contributed by atoms with Crippen LogP contribution in [0, 0.1) is 5.92 Å². The fourth-order valence-electron chi connectivity index (χ4n) is 1.58. The van der Waals surface area contributed by atoms with E-state index in [1.807, 2.05) is 25.1 Å². The van der Waals surface area contributed by atoms with Crippen LogP contribution in [0.15, 0.2) is 30.3 Å². The second-order valence-electron chi connectivity index (χ2n) is 4.02. The van der Waals surface area contributed by atoms with E-state index in [9.17, 15) is 4.79 Å². The molecular formula is C12H14O2Se. The topological polar surface area (TPSA) is 26.3 Å². The molecule has 1 heterocycles. The molecule has 0 spiro atoms. The van der Waals surface area contributed by atoms with Gasteiger partial charge in [-0.3, -0.25) is 0 Å². The van der Waals surface area contributed by atoms with E-state index < -0.39 is 0 Å². The molecule has 3 heteroatoms. The van der Waals surface area contributed by atoms with E-state index in [0.29, 0.717) is 12.5 Å². The van der Waals surface area contributed by atoms with E-state index in [0.717, 1.165) is 0 Å². The van der Waals surface area contributed by atoms with E-state index in [1.54, 1.807) is 0 Å². The Kier molecular flexibility index (Phi) is 2.85. The van der Waals surface area contributed by atoms with Crippen molar-refractivity contribution < 1.29 is 9.53 Å². The molecule has 80 valence electrons. The van der Waals surface area contributed by atoms with Crippen LogP contribution < -0.4 is 4.46 Å². The van der Waals surface area contributed by atoms with Gasteiger partial charge in [-0.2, -0.15) is 0 Å². The van der Waals surface area contributed by atoms with Crippen molar-refractivity contribution in [1.82, 2.24) is 0 Å². The van der Waals surface area contributed by atoms with Crippen LogP contribution in [0.5, 0.6) is 0 Å². The molecule has 1 aliphatic rings. The van der Waals surface area contributed by atoms with Gasteiger partial charge in [0.05, 0.1) is 0 Å². The maximum atomic E-state index is 11.7. The molecular weight excluding hydrogens is 255 g/mol. The number of hydrogen-bond donors (Lipinski definition) is 0. The number of rotatable bonds is 2. The molecule has 1 aromatic rings. The number of esters is 1. The van der Waals surface area contributed by atoms with Crippen molar-refractivity contribution in [2.75, 3.05) is 6.61 Å². The monoisotopic (exact) mass is 270 g/mol. The van der Waals surface area contributed by atoms with Crippen molar-refractivity contribution in [3.05, 3.63) is 30.3 Å². The molecule has 2 nitrogen and oxygen atoms in total. The third kappa shape index (κ3) is 1.95. The fraction of sp³-hybridized carbons (Fsp3) is 0.417. The van der Waals surface area contributed by atoms with Gasteiger partial charge in [-0.15, -0.1) is 0 Å². The van der Waals surface area contributed by atoms with Gasteiger partial charge in [0.1, 0.15) is 0 Å². The van der Waals surface area contributed by atoms with Crippen LogP contribution in [0.1, 0.15) is 13.8 Å². The Labute approximate surface area is 96.2 Å². The number of carbonyl (C=O) groups excluding carboxylic acids is 1. The number of cyclic esters (lactones) is 1. The van der Waals surface area contributed by atoms with Crippen molar-refractivity contribution in [2.45, 2.75) is 18.2 Å². The van der Waals surface area contributed by atoms with Crippen molar-refractivity contribution in [2.24, 2.45) is 5.92 Å². The van der Waals surface area contributed by atoms with Crippen molar-refractivity contribution in [3.63, 3.8) is 0 Å². The quantitative estimate of drug-likeness (QED) is 0.599. The second kappa shape index (κ2) is 3.99. The zero-order chi connectivity index (χ0) is 10.9. The molecule has 15 heavy (non-hydrogen) atoms. The summed E-state index contributed by atoms with van der Waals surface area (Å²) < 4.78 is 6.11.